The van der Waals surface area contributed by atoms with Gasteiger partial charge in [0.1, 0.15) is 13.3 Å². The Balaban J connectivity index is 3.17. The molecule has 0 bridgehead atoms. The molecule has 1 rings (SSSR count). The molecule has 0 saturated carbocycles. The Morgan fingerprint density at radius 2 is 2.47 bits per heavy atom. The minimum Gasteiger partial charge on any atom is -0.468 e. The van der Waals surface area contributed by atoms with Gasteiger partial charge in [0.25, 0.3) is 0 Å². The molecule has 15 heavy (non-hydrogen) atoms. The van der Waals surface area contributed by atoms with Crippen LogP contribution in [0.1, 0.15) is 13.3 Å². The summed E-state index contributed by atoms with van der Waals surface area (Å²) in [6.45, 7) is 1.74. The number of isothiocyanates is 1. The van der Waals surface area contributed by atoms with Gasteiger partial charge in [-0.3, -0.25) is 4.79 Å². The molecule has 0 aromatic heterocycles. The number of aliphatic imine (C=N–C) groups is 1. The number of rotatable bonds is 2. The average Bonchev–Trinajstić information content (AvgIpc) is 2.23. The zero-order chi connectivity index (χ0) is 11.5. The number of thiocarbonyl (C=S) groups is 1. The molecule has 0 aliphatic heterocycles. The van der Waals surface area contributed by atoms with Crippen molar-refractivity contribution in [3.05, 3.63) is 23.3 Å². The lowest BCUT2D eigenvalue weighted by molar-refractivity contribution is -0.149. The third-order valence-electron chi connectivity index (χ3n) is 2.42. The number of ether oxygens (including phenoxy) is 1. The summed E-state index contributed by atoms with van der Waals surface area (Å²) in [5, 5.41) is 2.24. The van der Waals surface area contributed by atoms with Crippen LogP contribution in [0.2, 0.25) is 0 Å². The topological polar surface area (TPSA) is 38.7 Å². The molecule has 0 heterocycles. The monoisotopic (exact) mass is 219 g/mol. The van der Waals surface area contributed by atoms with Gasteiger partial charge in [0.05, 0.1) is 18.0 Å². The van der Waals surface area contributed by atoms with Gasteiger partial charge in [-0.1, -0.05) is 11.5 Å². The van der Waals surface area contributed by atoms with Crippen LogP contribution in [0.4, 0.5) is 0 Å². The fourth-order valence-corrected chi connectivity index (χ4v) is 1.52. The Bertz CT molecular complexity index is 396. The second kappa shape index (κ2) is 4.56. The van der Waals surface area contributed by atoms with E-state index in [0.29, 0.717) is 17.6 Å². The standard InChI is InChI=1S/C10H10BNO2S/c1-10(9(13)14-2)4-3-7(11)5-8(10)12-6-15/h3,5H,4H2,1-2H3. The van der Waals surface area contributed by atoms with Crippen LogP contribution in [-0.2, 0) is 9.53 Å². The molecule has 1 aliphatic carbocycles. The SMILES string of the molecule is [B]C1=CCC(C)(C(=O)OC)C(N=C=S)=C1. The van der Waals surface area contributed by atoms with Crippen molar-refractivity contribution in [3.63, 3.8) is 0 Å². The first-order chi connectivity index (χ1) is 7.04. The number of nitrogens with zero attached hydrogens (tertiary/aromatic N) is 1. The highest BCUT2D eigenvalue weighted by atomic mass is 32.1. The number of esters is 1. The van der Waals surface area contributed by atoms with Gasteiger partial charge in [-0.15, -0.1) is 0 Å². The number of hydrogen-bond donors (Lipinski definition) is 0. The summed E-state index contributed by atoms with van der Waals surface area (Å²) in [7, 11) is 6.97. The number of hydrogen-bond acceptors (Lipinski definition) is 4. The van der Waals surface area contributed by atoms with E-state index in [1.165, 1.54) is 7.11 Å². The molecule has 1 atom stereocenters. The second-order valence-electron chi connectivity index (χ2n) is 3.46. The molecule has 0 aromatic rings. The lowest BCUT2D eigenvalue weighted by atomic mass is 9.75. The smallest absolute Gasteiger partial charge is 0.317 e. The molecular formula is C10H10BNO2S. The molecule has 3 nitrogen and oxygen atoms in total. The maximum Gasteiger partial charge on any atom is 0.317 e. The van der Waals surface area contributed by atoms with Crippen molar-refractivity contribution in [1.82, 2.24) is 0 Å². The molecule has 76 valence electrons. The Morgan fingerprint density at radius 3 is 3.00 bits per heavy atom. The summed E-state index contributed by atoms with van der Waals surface area (Å²) in [5.41, 5.74) is 0.244. The van der Waals surface area contributed by atoms with Crippen LogP contribution < -0.4 is 0 Å². The zero-order valence-electron chi connectivity index (χ0n) is 8.61. The number of carbonyl (C=O) groups excluding carboxylic acids is 1. The highest BCUT2D eigenvalue weighted by Crippen LogP contribution is 2.37. The van der Waals surface area contributed by atoms with Gasteiger partial charge >= 0.3 is 5.97 Å². The Morgan fingerprint density at radius 1 is 1.80 bits per heavy atom. The second-order valence-corrected chi connectivity index (χ2v) is 3.65. The van der Waals surface area contributed by atoms with Crippen LogP contribution >= 0.6 is 12.2 Å². The molecule has 0 spiro atoms. The average molecular weight is 219 g/mol. The normalized spacial score (nSPS) is 24.7. The first-order valence-electron chi connectivity index (χ1n) is 4.38. The minimum absolute atomic E-state index is 0.355. The van der Waals surface area contributed by atoms with E-state index in [0.717, 1.165) is 0 Å². The molecule has 0 amide bonds. The summed E-state index contributed by atoms with van der Waals surface area (Å²) >= 11 is 4.53. The third-order valence-corrected chi connectivity index (χ3v) is 2.51. The van der Waals surface area contributed by atoms with E-state index in [1.54, 1.807) is 19.1 Å². The molecule has 1 aliphatic rings. The Labute approximate surface area is 95.3 Å². The van der Waals surface area contributed by atoms with Gasteiger partial charge in [-0.25, -0.2) is 0 Å². The summed E-state index contributed by atoms with van der Waals surface area (Å²) in [4.78, 5) is 15.5. The quantitative estimate of drug-likeness (QED) is 0.306. The summed E-state index contributed by atoms with van der Waals surface area (Å²) < 4.78 is 4.73. The summed E-state index contributed by atoms with van der Waals surface area (Å²) in [5.74, 6) is -0.355. The zero-order valence-corrected chi connectivity index (χ0v) is 9.43. The first-order valence-corrected chi connectivity index (χ1v) is 4.79. The van der Waals surface area contributed by atoms with Gasteiger partial charge in [0.2, 0.25) is 0 Å². The first kappa shape index (κ1) is 11.9. The maximum absolute atomic E-state index is 11.6. The van der Waals surface area contributed by atoms with Crippen molar-refractivity contribution in [2.45, 2.75) is 13.3 Å². The fraction of sp³-hybridized carbons (Fsp3) is 0.400. The number of carbonyl (C=O) groups is 1. The molecule has 0 N–H and O–H groups in total. The summed E-state index contributed by atoms with van der Waals surface area (Å²) in [6.07, 6.45) is 3.83. The van der Waals surface area contributed by atoms with Crippen LogP contribution in [0, 0.1) is 5.41 Å². The highest BCUT2D eigenvalue weighted by Gasteiger charge is 2.39. The summed E-state index contributed by atoms with van der Waals surface area (Å²) in [6, 6.07) is 0. The molecular weight excluding hydrogens is 209 g/mol. The highest BCUT2D eigenvalue weighted by molar-refractivity contribution is 7.78. The van der Waals surface area contributed by atoms with Crippen molar-refractivity contribution >= 4 is 31.2 Å². The van der Waals surface area contributed by atoms with Gasteiger partial charge in [-0.2, -0.15) is 4.99 Å². The van der Waals surface area contributed by atoms with Crippen LogP contribution in [0.5, 0.6) is 0 Å². The van der Waals surface area contributed by atoms with Crippen LogP contribution in [-0.4, -0.2) is 26.1 Å². The molecule has 2 radical (unpaired) electrons. The predicted octanol–water partition coefficient (Wildman–Crippen LogP) is 1.61. The van der Waals surface area contributed by atoms with Crippen molar-refractivity contribution < 1.29 is 9.53 Å². The molecule has 5 heteroatoms. The van der Waals surface area contributed by atoms with Crippen molar-refractivity contribution in [2.24, 2.45) is 10.4 Å². The van der Waals surface area contributed by atoms with E-state index in [9.17, 15) is 4.79 Å². The fourth-order valence-electron chi connectivity index (χ4n) is 1.42. The van der Waals surface area contributed by atoms with Crippen LogP contribution in [0.15, 0.2) is 28.3 Å². The van der Waals surface area contributed by atoms with E-state index in [-0.39, 0.29) is 5.97 Å². The lowest BCUT2D eigenvalue weighted by Gasteiger charge is -2.28. The van der Waals surface area contributed by atoms with Crippen LogP contribution in [0.25, 0.3) is 0 Å². The maximum atomic E-state index is 11.6. The minimum atomic E-state index is -0.816. The van der Waals surface area contributed by atoms with Crippen molar-refractivity contribution in [1.29, 1.82) is 0 Å². The van der Waals surface area contributed by atoms with Crippen molar-refractivity contribution in [2.75, 3.05) is 7.11 Å². The third kappa shape index (κ3) is 2.25. The van der Waals surface area contributed by atoms with Gasteiger partial charge in [0.15, 0.2) is 0 Å². The van der Waals surface area contributed by atoms with Gasteiger partial charge < -0.3 is 4.74 Å². The van der Waals surface area contributed by atoms with E-state index >= 15 is 0 Å². The van der Waals surface area contributed by atoms with Gasteiger partial charge in [0, 0.05) is 0 Å². The van der Waals surface area contributed by atoms with E-state index < -0.39 is 5.41 Å². The Hall–Kier alpha value is -1.19. The van der Waals surface area contributed by atoms with E-state index in [2.05, 4.69) is 22.4 Å². The molecule has 0 fully saturated rings. The Kier molecular flexibility index (Phi) is 3.61. The molecule has 0 aromatic carbocycles. The van der Waals surface area contributed by atoms with Crippen molar-refractivity contribution in [3.8, 4) is 0 Å². The van der Waals surface area contributed by atoms with E-state index in [1.807, 2.05) is 0 Å². The van der Waals surface area contributed by atoms with Crippen LogP contribution in [0.3, 0.4) is 0 Å². The number of allylic oxidation sites excluding steroid dienone is 3. The molecule has 1 unspecified atom stereocenters. The predicted molar refractivity (Wildman–Crippen MR) is 61.7 cm³/mol. The lowest BCUT2D eigenvalue weighted by Crippen LogP contribution is -2.31. The largest absolute Gasteiger partial charge is 0.468 e. The van der Waals surface area contributed by atoms with E-state index in [4.69, 9.17) is 12.6 Å². The number of methoxy groups -OCH3 is 1. The van der Waals surface area contributed by atoms with Gasteiger partial charge in [-0.05, 0) is 31.6 Å². The molecule has 0 saturated heterocycles.